The summed E-state index contributed by atoms with van der Waals surface area (Å²) in [6.07, 6.45) is 15.2. The molecule has 4 aliphatic carbocycles. The van der Waals surface area contributed by atoms with E-state index in [1.165, 1.54) is 63.4 Å². The van der Waals surface area contributed by atoms with Crippen molar-refractivity contribution in [1.82, 2.24) is 0 Å². The van der Waals surface area contributed by atoms with Gasteiger partial charge in [0.1, 0.15) is 0 Å². The van der Waals surface area contributed by atoms with Crippen molar-refractivity contribution in [3.8, 4) is 0 Å². The predicted octanol–water partition coefficient (Wildman–Crippen LogP) is 8.48. The van der Waals surface area contributed by atoms with Crippen LogP contribution in [0.25, 0.3) is 0 Å². The highest BCUT2D eigenvalue weighted by molar-refractivity contribution is 5.38. The Morgan fingerprint density at radius 3 is 2.35 bits per heavy atom. The Morgan fingerprint density at radius 2 is 1.68 bits per heavy atom. The predicted molar refractivity (Wildman–Crippen MR) is 133 cm³/mol. The van der Waals surface area contributed by atoms with Crippen LogP contribution in [0.15, 0.2) is 22.8 Å². The Kier molecular flexibility index (Phi) is 5.90. The molecule has 0 saturated heterocycles. The quantitative estimate of drug-likeness (QED) is 0.447. The molecule has 1 heteroatoms. The highest BCUT2D eigenvalue weighted by Crippen LogP contribution is 2.72. The van der Waals surface area contributed by atoms with Gasteiger partial charge in [-0.1, -0.05) is 64.3 Å². The van der Waals surface area contributed by atoms with Crippen LogP contribution in [0, 0.1) is 39.4 Å². The molecule has 0 bridgehead atoms. The van der Waals surface area contributed by atoms with Gasteiger partial charge in [-0.2, -0.15) is 0 Å². The van der Waals surface area contributed by atoms with Gasteiger partial charge in [0.25, 0.3) is 0 Å². The third kappa shape index (κ3) is 3.34. The summed E-state index contributed by atoms with van der Waals surface area (Å²) in [7, 11) is 0. The van der Waals surface area contributed by atoms with Gasteiger partial charge in [0.2, 0.25) is 0 Å². The topological polar surface area (TPSA) is 20.2 Å². The van der Waals surface area contributed by atoms with Crippen molar-refractivity contribution in [2.24, 2.45) is 39.4 Å². The van der Waals surface area contributed by atoms with E-state index >= 15 is 0 Å². The van der Waals surface area contributed by atoms with Gasteiger partial charge in [-0.3, -0.25) is 0 Å². The zero-order chi connectivity index (χ0) is 22.8. The third-order valence-corrected chi connectivity index (χ3v) is 11.7. The van der Waals surface area contributed by atoms with Crippen LogP contribution in [0.2, 0.25) is 0 Å². The van der Waals surface area contributed by atoms with Crippen molar-refractivity contribution < 1.29 is 5.11 Å². The number of aliphatic hydroxyl groups excluding tert-OH is 1. The molecular formula is C30H50O. The molecule has 0 heterocycles. The molecular weight excluding hydrogens is 376 g/mol. The fourth-order valence-corrected chi connectivity index (χ4v) is 9.47. The molecule has 0 aromatic rings. The van der Waals surface area contributed by atoms with Crippen molar-refractivity contribution >= 4 is 0 Å². The fraction of sp³-hybridized carbons (Fsp3) is 0.867. The van der Waals surface area contributed by atoms with Gasteiger partial charge < -0.3 is 5.11 Å². The first-order valence-corrected chi connectivity index (χ1v) is 13.4. The number of fused-ring (bicyclic) bond motifs is 4. The summed E-state index contributed by atoms with van der Waals surface area (Å²) in [5.41, 5.74) is 6.41. The lowest BCUT2D eigenvalue weighted by Gasteiger charge is -2.62. The lowest BCUT2D eigenvalue weighted by molar-refractivity contribution is -0.0962. The molecule has 2 fully saturated rings. The molecule has 4 rings (SSSR count). The van der Waals surface area contributed by atoms with Crippen molar-refractivity contribution in [1.29, 1.82) is 0 Å². The van der Waals surface area contributed by atoms with Gasteiger partial charge >= 0.3 is 0 Å². The van der Waals surface area contributed by atoms with E-state index in [9.17, 15) is 5.11 Å². The highest BCUT2D eigenvalue weighted by atomic mass is 16.3. The number of allylic oxidation sites excluding steroid dienone is 4. The molecule has 2 saturated carbocycles. The molecule has 0 aromatic carbocycles. The molecule has 31 heavy (non-hydrogen) atoms. The summed E-state index contributed by atoms with van der Waals surface area (Å²) in [5.74, 6) is 2.32. The van der Waals surface area contributed by atoms with E-state index < -0.39 is 0 Å². The summed E-state index contributed by atoms with van der Waals surface area (Å²) in [4.78, 5) is 0. The minimum absolute atomic E-state index is 0.0465. The zero-order valence-corrected chi connectivity index (χ0v) is 21.9. The first-order valence-electron chi connectivity index (χ1n) is 13.4. The Hall–Kier alpha value is -0.560. The van der Waals surface area contributed by atoms with Crippen LogP contribution in [0.5, 0.6) is 0 Å². The maximum Gasteiger partial charge on any atom is 0.0594 e. The molecule has 0 aromatic heterocycles. The normalized spacial score (nSPS) is 44.9. The van der Waals surface area contributed by atoms with Gasteiger partial charge in [-0.15, -0.1) is 0 Å². The van der Waals surface area contributed by atoms with E-state index in [1.54, 1.807) is 0 Å². The molecule has 0 spiro atoms. The molecule has 1 N–H and O–H groups in total. The molecule has 0 aliphatic heterocycles. The van der Waals surface area contributed by atoms with Crippen molar-refractivity contribution in [3.05, 3.63) is 22.8 Å². The molecule has 0 amide bonds. The largest absolute Gasteiger partial charge is 0.393 e. The second kappa shape index (κ2) is 7.75. The maximum atomic E-state index is 10.8. The lowest BCUT2D eigenvalue weighted by Crippen LogP contribution is -2.55. The van der Waals surface area contributed by atoms with Gasteiger partial charge in [0.15, 0.2) is 0 Å². The summed E-state index contributed by atoms with van der Waals surface area (Å²) in [6.45, 7) is 19.6. The van der Waals surface area contributed by atoms with Gasteiger partial charge in [-0.25, -0.2) is 0 Å². The summed E-state index contributed by atoms with van der Waals surface area (Å²) in [5, 5.41) is 10.8. The van der Waals surface area contributed by atoms with Gasteiger partial charge in [-0.05, 0) is 117 Å². The molecule has 1 nitrogen and oxygen atoms in total. The standard InChI is InChI=1S/C30H50O/c1-20(2)10-9-11-21(3)22-14-18-30(8)24-12-13-25-27(4,5)26(31)16-17-28(25,6)23(24)15-19-29(22,30)7/h10,21-22,25-26,31H,9,11-19H2,1-8H3/t21-,22-,25?,26+,28-,29-,30?/m1/s1. The fourth-order valence-electron chi connectivity index (χ4n) is 9.47. The Morgan fingerprint density at radius 1 is 0.968 bits per heavy atom. The van der Waals surface area contributed by atoms with E-state index in [4.69, 9.17) is 0 Å². The number of hydrogen-bond acceptors (Lipinski definition) is 1. The van der Waals surface area contributed by atoms with Gasteiger partial charge in [0, 0.05) is 0 Å². The number of hydrogen-bond donors (Lipinski definition) is 1. The van der Waals surface area contributed by atoms with Crippen LogP contribution < -0.4 is 0 Å². The third-order valence-electron chi connectivity index (χ3n) is 11.7. The van der Waals surface area contributed by atoms with E-state index in [-0.39, 0.29) is 11.5 Å². The van der Waals surface area contributed by atoms with E-state index in [0.717, 1.165) is 18.3 Å². The second-order valence-electron chi connectivity index (χ2n) is 13.6. The summed E-state index contributed by atoms with van der Waals surface area (Å²) < 4.78 is 0. The van der Waals surface area contributed by atoms with Crippen molar-refractivity contribution in [3.63, 3.8) is 0 Å². The Labute approximate surface area is 193 Å². The first-order chi connectivity index (χ1) is 14.4. The minimum atomic E-state index is -0.130. The monoisotopic (exact) mass is 426 g/mol. The smallest absolute Gasteiger partial charge is 0.0594 e. The SMILES string of the molecule is CC(C)=CCC[C@@H](C)[C@H]1CCC2(C)C3=C(CC[C@]12C)[C@@]1(C)CC[C@H](O)C(C)(C)C1CC3. The Bertz CT molecular complexity index is 767. The van der Waals surface area contributed by atoms with Crippen molar-refractivity contribution in [2.75, 3.05) is 0 Å². The van der Waals surface area contributed by atoms with Crippen molar-refractivity contribution in [2.45, 2.75) is 126 Å². The van der Waals surface area contributed by atoms with Crippen LogP contribution in [0.3, 0.4) is 0 Å². The maximum absolute atomic E-state index is 10.8. The van der Waals surface area contributed by atoms with Crippen LogP contribution >= 0.6 is 0 Å². The molecule has 7 atom stereocenters. The molecule has 0 radical (unpaired) electrons. The van der Waals surface area contributed by atoms with E-state index in [1.807, 2.05) is 11.1 Å². The summed E-state index contributed by atoms with van der Waals surface area (Å²) >= 11 is 0. The van der Waals surface area contributed by atoms with Gasteiger partial charge in [0.05, 0.1) is 6.10 Å². The van der Waals surface area contributed by atoms with E-state index in [2.05, 4.69) is 61.5 Å². The highest BCUT2D eigenvalue weighted by Gasteiger charge is 2.63. The minimum Gasteiger partial charge on any atom is -0.393 e. The summed E-state index contributed by atoms with van der Waals surface area (Å²) in [6, 6.07) is 0. The van der Waals surface area contributed by atoms with Crippen LogP contribution in [-0.2, 0) is 0 Å². The molecule has 2 unspecified atom stereocenters. The second-order valence-corrected chi connectivity index (χ2v) is 13.6. The average Bonchev–Trinajstić information content (AvgIpc) is 2.96. The Balaban J connectivity index is 1.65. The van der Waals surface area contributed by atoms with Crippen LogP contribution in [0.4, 0.5) is 0 Å². The van der Waals surface area contributed by atoms with Crippen LogP contribution in [0.1, 0.15) is 120 Å². The average molecular weight is 427 g/mol. The molecule has 4 aliphatic rings. The first kappa shape index (κ1) is 23.6. The number of rotatable bonds is 4. The zero-order valence-electron chi connectivity index (χ0n) is 21.9. The number of aliphatic hydroxyl groups is 1. The van der Waals surface area contributed by atoms with E-state index in [0.29, 0.717) is 22.2 Å². The molecule has 176 valence electrons. The van der Waals surface area contributed by atoms with Crippen LogP contribution in [-0.4, -0.2) is 11.2 Å². The lowest BCUT2D eigenvalue weighted by atomic mass is 9.43.